The van der Waals surface area contributed by atoms with Gasteiger partial charge >= 0.3 is 0 Å². The third kappa shape index (κ3) is 4.34. The van der Waals surface area contributed by atoms with Crippen molar-refractivity contribution in [2.45, 2.75) is 38.8 Å². The van der Waals surface area contributed by atoms with E-state index in [1.807, 2.05) is 38.1 Å². The molecular weight excluding hydrogens is 272 g/mol. The molecule has 2 rings (SSSR count). The Morgan fingerprint density at radius 3 is 2.35 bits per heavy atom. The number of carbonyl (C=O) groups is 1. The van der Waals surface area contributed by atoms with Gasteiger partial charge in [-0.25, -0.2) is 0 Å². The van der Waals surface area contributed by atoms with Crippen molar-refractivity contribution in [2.75, 3.05) is 16.8 Å². The predicted octanol–water partition coefficient (Wildman–Crippen LogP) is 2.15. The number of rotatable bonds is 4. The summed E-state index contributed by atoms with van der Waals surface area (Å²) in [6.07, 6.45) is 1.89. The van der Waals surface area contributed by atoms with Crippen molar-refractivity contribution in [3.8, 4) is 0 Å². The lowest BCUT2D eigenvalue weighted by Gasteiger charge is -2.23. The summed E-state index contributed by atoms with van der Waals surface area (Å²) in [6, 6.07) is 8.07. The molecule has 1 fully saturated rings. The zero-order chi connectivity index (χ0) is 14.5. The maximum atomic E-state index is 11.8. The summed E-state index contributed by atoms with van der Waals surface area (Å²) in [5.74, 6) is 1.53. The van der Waals surface area contributed by atoms with Crippen molar-refractivity contribution in [1.29, 1.82) is 0 Å². The Bertz CT molecular complexity index is 475. The van der Waals surface area contributed by atoms with E-state index in [1.54, 1.807) is 0 Å². The summed E-state index contributed by atoms with van der Waals surface area (Å²) in [4.78, 5) is 11.8. The minimum Gasteiger partial charge on any atom is -0.382 e. The van der Waals surface area contributed by atoms with Crippen LogP contribution in [0.1, 0.15) is 37.0 Å². The van der Waals surface area contributed by atoms with E-state index < -0.39 is 10.8 Å². The van der Waals surface area contributed by atoms with Crippen molar-refractivity contribution in [1.82, 2.24) is 5.32 Å². The largest absolute Gasteiger partial charge is 0.382 e. The SMILES string of the molecule is CC(C)NC(=O)c1ccc(NC2CCS(=O)CC2)cc1. The van der Waals surface area contributed by atoms with Crippen molar-refractivity contribution in [3.05, 3.63) is 29.8 Å². The van der Waals surface area contributed by atoms with E-state index >= 15 is 0 Å². The van der Waals surface area contributed by atoms with Crippen LogP contribution in [-0.2, 0) is 10.8 Å². The van der Waals surface area contributed by atoms with Crippen molar-refractivity contribution >= 4 is 22.4 Å². The molecule has 0 aromatic heterocycles. The van der Waals surface area contributed by atoms with Gasteiger partial charge in [0.2, 0.25) is 0 Å². The van der Waals surface area contributed by atoms with Crippen LogP contribution < -0.4 is 10.6 Å². The summed E-state index contributed by atoms with van der Waals surface area (Å²) < 4.78 is 11.3. The van der Waals surface area contributed by atoms with E-state index in [9.17, 15) is 9.00 Å². The first-order valence-electron chi connectivity index (χ1n) is 7.07. The second-order valence-electron chi connectivity index (χ2n) is 5.47. The Morgan fingerprint density at radius 1 is 1.20 bits per heavy atom. The fourth-order valence-corrected chi connectivity index (χ4v) is 3.54. The van der Waals surface area contributed by atoms with Gasteiger partial charge in [0.15, 0.2) is 0 Å². The minimum absolute atomic E-state index is 0.0420. The minimum atomic E-state index is -0.628. The number of hydrogen-bond acceptors (Lipinski definition) is 3. The third-order valence-corrected chi connectivity index (χ3v) is 4.71. The van der Waals surface area contributed by atoms with Gasteiger partial charge in [-0.1, -0.05) is 0 Å². The Balaban J connectivity index is 1.91. The summed E-state index contributed by atoms with van der Waals surface area (Å²) in [6.45, 7) is 3.89. The topological polar surface area (TPSA) is 58.2 Å². The van der Waals surface area contributed by atoms with Crippen LogP contribution in [0.5, 0.6) is 0 Å². The Labute approximate surface area is 122 Å². The van der Waals surface area contributed by atoms with Gasteiger partial charge in [0.25, 0.3) is 5.91 Å². The van der Waals surface area contributed by atoms with E-state index in [-0.39, 0.29) is 11.9 Å². The molecule has 110 valence electrons. The molecule has 0 atom stereocenters. The van der Waals surface area contributed by atoms with E-state index in [2.05, 4.69) is 10.6 Å². The molecule has 20 heavy (non-hydrogen) atoms. The quantitative estimate of drug-likeness (QED) is 0.894. The Morgan fingerprint density at radius 2 is 1.80 bits per heavy atom. The summed E-state index contributed by atoms with van der Waals surface area (Å²) >= 11 is 0. The maximum Gasteiger partial charge on any atom is 0.251 e. The zero-order valence-corrected chi connectivity index (χ0v) is 12.8. The summed E-state index contributed by atoms with van der Waals surface area (Å²) in [7, 11) is -0.628. The predicted molar refractivity (Wildman–Crippen MR) is 83.6 cm³/mol. The van der Waals surface area contributed by atoms with Crippen molar-refractivity contribution in [2.24, 2.45) is 0 Å². The first kappa shape index (κ1) is 15.0. The highest BCUT2D eigenvalue weighted by molar-refractivity contribution is 7.85. The molecule has 1 aromatic rings. The standard InChI is InChI=1S/C15H22N2O2S/c1-11(2)16-15(18)12-3-5-13(6-4-12)17-14-7-9-20(19)10-8-14/h3-6,11,14,17H,7-10H2,1-2H3,(H,16,18). The van der Waals surface area contributed by atoms with Crippen LogP contribution in [0.3, 0.4) is 0 Å². The van der Waals surface area contributed by atoms with Gasteiger partial charge in [-0.05, 0) is 51.0 Å². The smallest absolute Gasteiger partial charge is 0.251 e. The molecule has 1 aliphatic heterocycles. The van der Waals surface area contributed by atoms with E-state index in [1.165, 1.54) is 0 Å². The highest BCUT2D eigenvalue weighted by Crippen LogP contribution is 2.17. The Hall–Kier alpha value is -1.36. The molecule has 0 unspecified atom stereocenters. The molecule has 4 nitrogen and oxygen atoms in total. The molecule has 2 N–H and O–H groups in total. The molecule has 0 bridgehead atoms. The average molecular weight is 294 g/mol. The van der Waals surface area contributed by atoms with Crippen molar-refractivity contribution < 1.29 is 9.00 Å². The van der Waals surface area contributed by atoms with Crippen LogP contribution in [0, 0.1) is 0 Å². The van der Waals surface area contributed by atoms with E-state index in [0.717, 1.165) is 30.0 Å². The number of anilines is 1. The van der Waals surface area contributed by atoms with Crippen LogP contribution in [-0.4, -0.2) is 33.7 Å². The van der Waals surface area contributed by atoms with Gasteiger partial charge in [0.1, 0.15) is 0 Å². The number of hydrogen-bond donors (Lipinski definition) is 2. The second-order valence-corrected chi connectivity index (χ2v) is 7.17. The van der Waals surface area contributed by atoms with Crippen LogP contribution in [0.2, 0.25) is 0 Å². The average Bonchev–Trinajstić information content (AvgIpc) is 2.41. The van der Waals surface area contributed by atoms with E-state index in [0.29, 0.717) is 11.6 Å². The Kier molecular flexibility index (Phi) is 5.17. The highest BCUT2D eigenvalue weighted by Gasteiger charge is 2.17. The molecule has 0 aliphatic carbocycles. The molecule has 5 heteroatoms. The molecular formula is C15H22N2O2S. The van der Waals surface area contributed by atoms with Gasteiger partial charge < -0.3 is 10.6 Å². The summed E-state index contributed by atoms with van der Waals surface area (Å²) in [5.41, 5.74) is 1.69. The zero-order valence-electron chi connectivity index (χ0n) is 12.0. The molecule has 1 saturated heterocycles. The number of carbonyl (C=O) groups excluding carboxylic acids is 1. The fraction of sp³-hybridized carbons (Fsp3) is 0.533. The van der Waals surface area contributed by atoms with Gasteiger partial charge in [0, 0.05) is 45.6 Å². The van der Waals surface area contributed by atoms with Crippen LogP contribution in [0.25, 0.3) is 0 Å². The van der Waals surface area contributed by atoms with Gasteiger partial charge in [-0.2, -0.15) is 0 Å². The summed E-state index contributed by atoms with van der Waals surface area (Å²) in [5, 5.41) is 6.31. The van der Waals surface area contributed by atoms with Gasteiger partial charge in [-0.15, -0.1) is 0 Å². The lowest BCUT2D eigenvalue weighted by Crippen LogP contribution is -2.30. The van der Waals surface area contributed by atoms with Gasteiger partial charge in [-0.3, -0.25) is 9.00 Å². The monoisotopic (exact) mass is 294 g/mol. The number of nitrogens with one attached hydrogen (secondary N) is 2. The third-order valence-electron chi connectivity index (χ3n) is 3.33. The lowest BCUT2D eigenvalue weighted by molar-refractivity contribution is 0.0943. The van der Waals surface area contributed by atoms with Crippen molar-refractivity contribution in [3.63, 3.8) is 0 Å². The molecule has 1 heterocycles. The molecule has 0 radical (unpaired) electrons. The first-order valence-corrected chi connectivity index (χ1v) is 8.56. The second kappa shape index (κ2) is 6.88. The molecule has 0 spiro atoms. The van der Waals surface area contributed by atoms with Gasteiger partial charge in [0.05, 0.1) is 0 Å². The lowest BCUT2D eigenvalue weighted by atomic mass is 10.1. The molecule has 1 aromatic carbocycles. The van der Waals surface area contributed by atoms with Crippen LogP contribution in [0.15, 0.2) is 24.3 Å². The maximum absolute atomic E-state index is 11.8. The molecule has 0 saturated carbocycles. The first-order chi connectivity index (χ1) is 9.54. The fourth-order valence-electron chi connectivity index (χ4n) is 2.24. The molecule has 1 aliphatic rings. The highest BCUT2D eigenvalue weighted by atomic mass is 32.2. The van der Waals surface area contributed by atoms with Crippen LogP contribution in [0.4, 0.5) is 5.69 Å². The number of benzene rings is 1. The van der Waals surface area contributed by atoms with Crippen LogP contribution >= 0.6 is 0 Å². The molecule has 1 amide bonds. The number of amides is 1. The normalized spacial score (nSPS) is 22.6. The van der Waals surface area contributed by atoms with E-state index in [4.69, 9.17) is 0 Å².